The molecule has 0 radical (unpaired) electrons. The van der Waals surface area contributed by atoms with Gasteiger partial charge in [0.15, 0.2) is 0 Å². The van der Waals surface area contributed by atoms with Gasteiger partial charge in [-0.3, -0.25) is 0 Å². The van der Waals surface area contributed by atoms with E-state index in [9.17, 15) is 9.90 Å². The molecule has 1 aromatic carbocycles. The largest absolute Gasteiger partial charge is 0.493 e. The van der Waals surface area contributed by atoms with Gasteiger partial charge in [-0.15, -0.1) is 0 Å². The highest BCUT2D eigenvalue weighted by atomic mass is 16.5. The number of nitrogens with one attached hydrogen (secondary N) is 1. The van der Waals surface area contributed by atoms with Crippen LogP contribution in [0.1, 0.15) is 23.7 Å². The van der Waals surface area contributed by atoms with Crippen LogP contribution in [-0.4, -0.2) is 42.8 Å². The first-order chi connectivity index (χ1) is 8.99. The molecule has 0 aromatic heterocycles. The number of amides is 2. The number of ether oxygens (including phenoxy) is 1. The molecule has 0 saturated heterocycles. The van der Waals surface area contributed by atoms with E-state index in [1.165, 1.54) is 4.90 Å². The van der Waals surface area contributed by atoms with Crippen LogP contribution in [0.5, 0.6) is 5.75 Å². The first kappa shape index (κ1) is 13.7. The minimum atomic E-state index is -0.749. The highest BCUT2D eigenvalue weighted by Crippen LogP contribution is 2.32. The van der Waals surface area contributed by atoms with E-state index < -0.39 is 6.10 Å². The predicted molar refractivity (Wildman–Crippen MR) is 72.3 cm³/mol. The number of carbonyl (C=O) groups excluding carboxylic acids is 1. The molecule has 19 heavy (non-hydrogen) atoms. The molecule has 1 aliphatic heterocycles. The third kappa shape index (κ3) is 2.98. The Bertz CT molecular complexity index is 474. The van der Waals surface area contributed by atoms with Gasteiger partial charge >= 0.3 is 6.03 Å². The van der Waals surface area contributed by atoms with Crippen LogP contribution in [0, 0.1) is 6.92 Å². The molecule has 2 unspecified atom stereocenters. The summed E-state index contributed by atoms with van der Waals surface area (Å²) in [6, 6.07) is 5.17. The van der Waals surface area contributed by atoms with Gasteiger partial charge in [-0.05, 0) is 19.1 Å². The van der Waals surface area contributed by atoms with Crippen molar-refractivity contribution in [3.63, 3.8) is 0 Å². The summed E-state index contributed by atoms with van der Waals surface area (Å²) in [6.07, 6.45) is -0.171. The fourth-order valence-corrected chi connectivity index (χ4v) is 2.14. The van der Waals surface area contributed by atoms with Crippen LogP contribution < -0.4 is 10.1 Å². The smallest absolute Gasteiger partial charge is 0.317 e. The number of nitrogens with zero attached hydrogens (tertiary/aromatic N) is 1. The number of carbonyl (C=O) groups is 1. The van der Waals surface area contributed by atoms with Crippen LogP contribution in [0.25, 0.3) is 0 Å². The fourth-order valence-electron chi connectivity index (χ4n) is 2.14. The quantitative estimate of drug-likeness (QED) is 0.807. The Hall–Kier alpha value is -1.75. The second-order valence-corrected chi connectivity index (χ2v) is 5.07. The normalized spacial score (nSPS) is 21.9. The van der Waals surface area contributed by atoms with Gasteiger partial charge in [-0.25, -0.2) is 4.79 Å². The molecule has 0 bridgehead atoms. The van der Waals surface area contributed by atoms with Crippen molar-refractivity contribution in [1.29, 1.82) is 0 Å². The van der Waals surface area contributed by atoms with Crippen LogP contribution in [0.15, 0.2) is 18.2 Å². The minimum absolute atomic E-state index is 0.208. The first-order valence-electron chi connectivity index (χ1n) is 6.38. The molecule has 5 nitrogen and oxygen atoms in total. The molecule has 0 aliphatic carbocycles. The molecule has 0 spiro atoms. The molecule has 2 amide bonds. The van der Waals surface area contributed by atoms with E-state index in [1.807, 2.05) is 25.1 Å². The van der Waals surface area contributed by atoms with Gasteiger partial charge in [0, 0.05) is 26.1 Å². The first-order valence-corrected chi connectivity index (χ1v) is 6.38. The third-order valence-corrected chi connectivity index (χ3v) is 3.27. The average Bonchev–Trinajstić information content (AvgIpc) is 2.51. The standard InChI is InChI=1S/C14H20N2O3/c1-9-4-5-12-10(8-9)13(17)11(6-7-19-12)15-14(18)16(2)3/h4-5,8,11,13,17H,6-7H2,1-3H3,(H,15,18). The minimum Gasteiger partial charge on any atom is -0.493 e. The fraction of sp³-hybridized carbons (Fsp3) is 0.500. The van der Waals surface area contributed by atoms with E-state index >= 15 is 0 Å². The number of fused-ring (bicyclic) bond motifs is 1. The maximum atomic E-state index is 11.7. The second kappa shape index (κ2) is 5.48. The van der Waals surface area contributed by atoms with Crippen molar-refractivity contribution in [2.24, 2.45) is 0 Å². The topological polar surface area (TPSA) is 61.8 Å². The molecule has 0 fully saturated rings. The van der Waals surface area contributed by atoms with E-state index in [0.717, 1.165) is 11.1 Å². The summed E-state index contributed by atoms with van der Waals surface area (Å²) in [5.74, 6) is 0.694. The number of aliphatic hydroxyl groups is 1. The van der Waals surface area contributed by atoms with Crippen molar-refractivity contribution < 1.29 is 14.6 Å². The molecule has 2 atom stereocenters. The van der Waals surface area contributed by atoms with Gasteiger partial charge in [0.1, 0.15) is 11.9 Å². The molecule has 5 heteroatoms. The molecule has 2 N–H and O–H groups in total. The van der Waals surface area contributed by atoms with Crippen molar-refractivity contribution in [1.82, 2.24) is 10.2 Å². The van der Waals surface area contributed by atoms with Gasteiger partial charge < -0.3 is 20.1 Å². The lowest BCUT2D eigenvalue weighted by Gasteiger charge is -2.24. The maximum Gasteiger partial charge on any atom is 0.317 e. The van der Waals surface area contributed by atoms with Crippen molar-refractivity contribution in [2.75, 3.05) is 20.7 Å². The Morgan fingerprint density at radius 3 is 2.89 bits per heavy atom. The highest BCUT2D eigenvalue weighted by Gasteiger charge is 2.28. The number of urea groups is 1. The van der Waals surface area contributed by atoms with E-state index in [0.29, 0.717) is 18.8 Å². The third-order valence-electron chi connectivity index (χ3n) is 3.27. The zero-order valence-corrected chi connectivity index (χ0v) is 11.5. The van der Waals surface area contributed by atoms with Crippen molar-refractivity contribution in [3.05, 3.63) is 29.3 Å². The molecule has 1 aromatic rings. The number of hydrogen-bond donors (Lipinski definition) is 2. The van der Waals surface area contributed by atoms with Gasteiger partial charge in [0.2, 0.25) is 0 Å². The van der Waals surface area contributed by atoms with E-state index in [1.54, 1.807) is 14.1 Å². The van der Waals surface area contributed by atoms with Crippen molar-refractivity contribution >= 4 is 6.03 Å². The monoisotopic (exact) mass is 264 g/mol. The van der Waals surface area contributed by atoms with Crippen molar-refractivity contribution in [2.45, 2.75) is 25.5 Å². The Labute approximate surface area is 113 Å². The van der Waals surface area contributed by atoms with Crippen LogP contribution in [0.2, 0.25) is 0 Å². The van der Waals surface area contributed by atoms with Gasteiger partial charge in [0.05, 0.1) is 12.6 Å². The molecular weight excluding hydrogens is 244 g/mol. The summed E-state index contributed by atoms with van der Waals surface area (Å²) in [5.41, 5.74) is 1.79. The summed E-state index contributed by atoms with van der Waals surface area (Å²) < 4.78 is 5.62. The number of rotatable bonds is 1. The lowest BCUT2D eigenvalue weighted by atomic mass is 9.99. The Morgan fingerprint density at radius 2 is 2.21 bits per heavy atom. The summed E-state index contributed by atoms with van der Waals surface area (Å²) >= 11 is 0. The highest BCUT2D eigenvalue weighted by molar-refractivity contribution is 5.74. The van der Waals surface area contributed by atoms with Gasteiger partial charge in [-0.1, -0.05) is 11.6 Å². The molecular formula is C14H20N2O3. The Balaban J connectivity index is 2.22. The Morgan fingerprint density at radius 1 is 1.47 bits per heavy atom. The number of aryl methyl sites for hydroxylation is 1. The number of aliphatic hydroxyl groups excluding tert-OH is 1. The van der Waals surface area contributed by atoms with Crippen LogP contribution in [0.4, 0.5) is 4.79 Å². The van der Waals surface area contributed by atoms with E-state index in [2.05, 4.69) is 5.32 Å². The van der Waals surface area contributed by atoms with Crippen LogP contribution in [-0.2, 0) is 0 Å². The molecule has 2 rings (SSSR count). The van der Waals surface area contributed by atoms with E-state index in [-0.39, 0.29) is 12.1 Å². The predicted octanol–water partition coefficient (Wildman–Crippen LogP) is 1.45. The Kier molecular flexibility index (Phi) is 3.95. The van der Waals surface area contributed by atoms with Crippen LogP contribution in [0.3, 0.4) is 0 Å². The summed E-state index contributed by atoms with van der Waals surface area (Å²) in [5, 5.41) is 13.3. The lowest BCUT2D eigenvalue weighted by Crippen LogP contribution is -2.44. The summed E-state index contributed by atoms with van der Waals surface area (Å²) in [7, 11) is 3.35. The number of benzene rings is 1. The molecule has 1 aliphatic rings. The molecule has 0 saturated carbocycles. The SMILES string of the molecule is Cc1ccc2c(c1)C(O)C(NC(=O)N(C)C)CCO2. The maximum absolute atomic E-state index is 11.7. The van der Waals surface area contributed by atoms with E-state index in [4.69, 9.17) is 4.74 Å². The summed E-state index contributed by atoms with van der Waals surface area (Å²) in [6.45, 7) is 2.44. The lowest BCUT2D eigenvalue weighted by molar-refractivity contribution is 0.124. The van der Waals surface area contributed by atoms with Crippen LogP contribution >= 0.6 is 0 Å². The zero-order valence-electron chi connectivity index (χ0n) is 11.5. The van der Waals surface area contributed by atoms with Crippen molar-refractivity contribution in [3.8, 4) is 5.75 Å². The zero-order chi connectivity index (χ0) is 14.0. The molecule has 104 valence electrons. The summed E-state index contributed by atoms with van der Waals surface area (Å²) in [4.78, 5) is 13.2. The van der Waals surface area contributed by atoms with Gasteiger partial charge in [0.25, 0.3) is 0 Å². The average molecular weight is 264 g/mol. The number of hydrogen-bond acceptors (Lipinski definition) is 3. The van der Waals surface area contributed by atoms with Gasteiger partial charge in [-0.2, -0.15) is 0 Å². The molecule has 1 heterocycles. The second-order valence-electron chi connectivity index (χ2n) is 5.07.